The highest BCUT2D eigenvalue weighted by molar-refractivity contribution is 6.13. The Morgan fingerprint density at radius 1 is 0.655 bits per heavy atom. The van der Waals surface area contributed by atoms with E-state index < -0.39 is 0 Å². The average molecular weight is 747 g/mol. The molecule has 0 amide bonds. The van der Waals surface area contributed by atoms with Crippen LogP contribution in [0.3, 0.4) is 0 Å². The molecule has 2 aliphatic rings. The molecule has 0 saturated heterocycles. The Labute approximate surface area is 341 Å². The van der Waals surface area contributed by atoms with E-state index >= 15 is 0 Å². The van der Waals surface area contributed by atoms with Gasteiger partial charge < -0.3 is 9.13 Å². The summed E-state index contributed by atoms with van der Waals surface area (Å²) in [5.74, 6) is 0. The van der Waals surface area contributed by atoms with Gasteiger partial charge in [0.1, 0.15) is 0 Å². The molecular weight excluding hydrogens is 701 g/mol. The first kappa shape index (κ1) is 35.5. The average Bonchev–Trinajstić information content (AvgIpc) is 3.81. The number of para-hydroxylation sites is 2. The highest BCUT2D eigenvalue weighted by atomic mass is 15.0. The van der Waals surface area contributed by atoms with Gasteiger partial charge >= 0.3 is 0 Å². The van der Waals surface area contributed by atoms with Crippen molar-refractivity contribution in [2.45, 2.75) is 38.6 Å². The second-order valence-electron chi connectivity index (χ2n) is 15.5. The maximum atomic E-state index is 4.30. The summed E-state index contributed by atoms with van der Waals surface area (Å²) in [6, 6.07) is 53.2. The van der Waals surface area contributed by atoms with Gasteiger partial charge in [-0.15, -0.1) is 0 Å². The molecule has 2 heterocycles. The Balaban J connectivity index is 0.997. The third-order valence-corrected chi connectivity index (χ3v) is 12.1. The summed E-state index contributed by atoms with van der Waals surface area (Å²) in [6.07, 6.45) is 22.5. The number of hydrogen-bond donors (Lipinski definition) is 0. The van der Waals surface area contributed by atoms with Gasteiger partial charge in [0.15, 0.2) is 0 Å². The van der Waals surface area contributed by atoms with Crippen LogP contribution in [0, 0.1) is 0 Å². The molecule has 0 radical (unpaired) electrons. The van der Waals surface area contributed by atoms with Crippen LogP contribution in [0.1, 0.15) is 49.8 Å². The minimum Gasteiger partial charge on any atom is -0.333 e. The molecule has 1 unspecified atom stereocenters. The van der Waals surface area contributed by atoms with Gasteiger partial charge in [0, 0.05) is 38.3 Å². The summed E-state index contributed by atoms with van der Waals surface area (Å²) >= 11 is 0. The standard InChI is InChI=1S/C56H46N2/c1-3-40(21-14-16-39(2)41-17-6-4-7-18-41)44-22-15-23-48(36-44)58-54-27-13-11-25-50(54)52-38-46(31-35-56(52)58)45-30-34-55-51(37-45)49-24-10-12-26-53(49)57(55)47-32-28-43(29-33-47)42-19-8-5-9-20-42/h4-14,16-21,23-32,34-38,47H,2-3,15,22,33H2,1H3/b16-14-,40-21+. The van der Waals surface area contributed by atoms with Crippen LogP contribution in [-0.2, 0) is 0 Å². The topological polar surface area (TPSA) is 9.86 Å². The van der Waals surface area contributed by atoms with Gasteiger partial charge in [0.25, 0.3) is 0 Å². The van der Waals surface area contributed by atoms with E-state index in [9.17, 15) is 0 Å². The van der Waals surface area contributed by atoms with Crippen molar-refractivity contribution < 1.29 is 0 Å². The first-order valence-corrected chi connectivity index (χ1v) is 20.7. The van der Waals surface area contributed by atoms with Crippen molar-refractivity contribution in [2.24, 2.45) is 0 Å². The Bertz CT molecular complexity index is 3060. The fraction of sp³-hybridized carbons (Fsp3) is 0.107. The fourth-order valence-electron chi connectivity index (χ4n) is 9.19. The third kappa shape index (κ3) is 6.41. The van der Waals surface area contributed by atoms with Crippen LogP contribution in [-0.4, -0.2) is 9.13 Å². The van der Waals surface area contributed by atoms with Gasteiger partial charge in [-0.1, -0.05) is 165 Å². The van der Waals surface area contributed by atoms with Gasteiger partial charge in [-0.05, 0) is 113 Å². The lowest BCUT2D eigenvalue weighted by molar-refractivity contribution is 0.649. The maximum absolute atomic E-state index is 4.30. The SMILES string of the molecule is C=C(/C=C\C=C(/CC)C1=CC(n2c3ccccc3c3cc(-c4ccc5c(c4)c4ccccc4n5C4C=CC(c5ccccc5)=CC4)ccc32)=CCC1)c1ccccc1. The third-order valence-electron chi connectivity index (χ3n) is 12.1. The smallest absolute Gasteiger partial charge is 0.0560 e. The summed E-state index contributed by atoms with van der Waals surface area (Å²) in [5.41, 5.74) is 16.3. The van der Waals surface area contributed by atoms with Crippen molar-refractivity contribution in [3.8, 4) is 11.1 Å². The molecule has 2 nitrogen and oxygen atoms in total. The Morgan fingerprint density at radius 2 is 1.28 bits per heavy atom. The van der Waals surface area contributed by atoms with Gasteiger partial charge in [-0.3, -0.25) is 0 Å². The molecule has 2 aliphatic carbocycles. The lowest BCUT2D eigenvalue weighted by atomic mass is 9.93. The van der Waals surface area contributed by atoms with Crippen molar-refractivity contribution in [1.29, 1.82) is 0 Å². The highest BCUT2D eigenvalue weighted by Gasteiger charge is 2.20. The van der Waals surface area contributed by atoms with Gasteiger partial charge in [-0.25, -0.2) is 0 Å². The van der Waals surface area contributed by atoms with E-state index in [-0.39, 0.29) is 6.04 Å². The van der Waals surface area contributed by atoms with Crippen molar-refractivity contribution in [1.82, 2.24) is 9.13 Å². The number of hydrogen-bond acceptors (Lipinski definition) is 0. The van der Waals surface area contributed by atoms with Crippen molar-refractivity contribution in [3.05, 3.63) is 223 Å². The molecule has 6 aromatic carbocycles. The van der Waals surface area contributed by atoms with Gasteiger partial charge in [0.05, 0.1) is 17.1 Å². The number of fused-ring (bicyclic) bond motifs is 6. The zero-order valence-electron chi connectivity index (χ0n) is 33.0. The molecule has 0 saturated carbocycles. The summed E-state index contributed by atoms with van der Waals surface area (Å²) in [7, 11) is 0. The molecule has 0 fully saturated rings. The van der Waals surface area contributed by atoms with Gasteiger partial charge in [0.2, 0.25) is 0 Å². The zero-order valence-corrected chi connectivity index (χ0v) is 33.0. The van der Waals surface area contributed by atoms with E-state index in [1.54, 1.807) is 0 Å². The molecule has 0 aliphatic heterocycles. The lowest BCUT2D eigenvalue weighted by Gasteiger charge is -2.21. The predicted molar refractivity (Wildman–Crippen MR) is 250 cm³/mol. The van der Waals surface area contributed by atoms with Gasteiger partial charge in [-0.2, -0.15) is 0 Å². The largest absolute Gasteiger partial charge is 0.333 e. The lowest BCUT2D eigenvalue weighted by Crippen LogP contribution is -2.07. The summed E-state index contributed by atoms with van der Waals surface area (Å²) in [6.45, 7) is 6.55. The zero-order chi connectivity index (χ0) is 39.0. The van der Waals surface area contributed by atoms with Crippen LogP contribution in [0.4, 0.5) is 0 Å². The quantitative estimate of drug-likeness (QED) is 0.130. The maximum Gasteiger partial charge on any atom is 0.0560 e. The Kier molecular flexibility index (Phi) is 9.31. The molecule has 10 rings (SSSR count). The van der Waals surface area contributed by atoms with E-state index in [2.05, 4.69) is 211 Å². The Hall–Kier alpha value is -6.90. The molecule has 0 spiro atoms. The van der Waals surface area contributed by atoms with Crippen molar-refractivity contribution in [3.63, 3.8) is 0 Å². The van der Waals surface area contributed by atoms with Crippen molar-refractivity contribution >= 4 is 60.5 Å². The fourth-order valence-corrected chi connectivity index (χ4v) is 9.19. The normalized spacial score (nSPS) is 16.1. The number of rotatable bonds is 9. The molecule has 1 atom stereocenters. The van der Waals surface area contributed by atoms with Crippen LogP contribution < -0.4 is 0 Å². The summed E-state index contributed by atoms with van der Waals surface area (Å²) < 4.78 is 5.01. The number of benzene rings is 6. The predicted octanol–water partition coefficient (Wildman–Crippen LogP) is 15.3. The summed E-state index contributed by atoms with van der Waals surface area (Å²) in [4.78, 5) is 0. The number of aromatic nitrogens is 2. The molecule has 2 aromatic heterocycles. The van der Waals surface area contributed by atoms with Crippen LogP contribution in [0.15, 0.2) is 212 Å². The molecular formula is C56H46N2. The minimum absolute atomic E-state index is 0.256. The first-order chi connectivity index (χ1) is 28.6. The van der Waals surface area contributed by atoms with E-state index in [4.69, 9.17) is 0 Å². The van der Waals surface area contributed by atoms with Crippen LogP contribution in [0.5, 0.6) is 0 Å². The molecule has 58 heavy (non-hydrogen) atoms. The van der Waals surface area contributed by atoms with E-state index in [0.29, 0.717) is 0 Å². The number of allylic oxidation sites excluding steroid dienone is 13. The number of nitrogens with zero attached hydrogens (tertiary/aromatic N) is 2. The molecule has 0 bridgehead atoms. The molecule has 280 valence electrons. The first-order valence-electron chi connectivity index (χ1n) is 20.7. The highest BCUT2D eigenvalue weighted by Crippen LogP contribution is 2.41. The Morgan fingerprint density at radius 3 is 2.00 bits per heavy atom. The minimum atomic E-state index is 0.256. The summed E-state index contributed by atoms with van der Waals surface area (Å²) in [5, 5.41) is 5.15. The second-order valence-corrected chi connectivity index (χ2v) is 15.5. The monoisotopic (exact) mass is 746 g/mol. The molecule has 0 N–H and O–H groups in total. The molecule has 2 heteroatoms. The van der Waals surface area contributed by atoms with Crippen molar-refractivity contribution in [2.75, 3.05) is 0 Å². The van der Waals surface area contributed by atoms with E-state index in [0.717, 1.165) is 36.8 Å². The molecule has 8 aromatic rings. The van der Waals surface area contributed by atoms with Crippen LogP contribution in [0.25, 0.3) is 71.6 Å². The second kappa shape index (κ2) is 15.2. The van der Waals surface area contributed by atoms with E-state index in [1.165, 1.54) is 82.7 Å². The van der Waals surface area contributed by atoms with Crippen LogP contribution in [0.2, 0.25) is 0 Å². The van der Waals surface area contributed by atoms with Crippen LogP contribution >= 0.6 is 0 Å². The van der Waals surface area contributed by atoms with E-state index in [1.807, 2.05) is 6.07 Å².